The van der Waals surface area contributed by atoms with Crippen molar-refractivity contribution >= 4 is 23.4 Å². The van der Waals surface area contributed by atoms with Gasteiger partial charge in [-0.25, -0.2) is 9.42 Å². The zero-order valence-corrected chi connectivity index (χ0v) is 8.42. The molecule has 0 spiro atoms. The monoisotopic (exact) mass is 244 g/mol. The lowest BCUT2D eigenvalue weighted by Gasteiger charge is -1.98. The van der Waals surface area contributed by atoms with Crippen LogP contribution in [-0.2, 0) is 5.88 Å². The third-order valence-electron chi connectivity index (χ3n) is 1.79. The summed E-state index contributed by atoms with van der Waals surface area (Å²) in [6, 6.07) is 0. The molecule has 9 nitrogen and oxygen atoms in total. The molecule has 0 saturated heterocycles. The van der Waals surface area contributed by atoms with Gasteiger partial charge < -0.3 is 10.8 Å². The quantitative estimate of drug-likeness (QED) is 0.701. The first-order chi connectivity index (χ1) is 7.65. The standard InChI is InChI=1S/C6H5ClN6O3/c7-1-2-3(6(14)15)9-12-13(2)5-4(8)10-16-11-5/h1H2,(H2,8,10)(H,14,15). The number of hydrogen-bond acceptors (Lipinski definition) is 7. The Morgan fingerprint density at radius 1 is 1.56 bits per heavy atom. The summed E-state index contributed by atoms with van der Waals surface area (Å²) in [7, 11) is 0. The van der Waals surface area contributed by atoms with Crippen molar-refractivity contribution in [3.05, 3.63) is 11.4 Å². The Labute approximate surface area is 92.7 Å². The highest BCUT2D eigenvalue weighted by molar-refractivity contribution is 6.17. The van der Waals surface area contributed by atoms with E-state index >= 15 is 0 Å². The SMILES string of the molecule is Nc1nonc1-n1nnc(C(=O)O)c1CCl. The Kier molecular flexibility index (Phi) is 2.44. The molecule has 0 aliphatic heterocycles. The molecule has 16 heavy (non-hydrogen) atoms. The fraction of sp³-hybridized carbons (Fsp3) is 0.167. The molecule has 0 fully saturated rings. The smallest absolute Gasteiger partial charge is 0.358 e. The second kappa shape index (κ2) is 3.77. The number of hydrogen-bond donors (Lipinski definition) is 2. The maximum Gasteiger partial charge on any atom is 0.358 e. The first kappa shape index (κ1) is 10.4. The zero-order valence-electron chi connectivity index (χ0n) is 7.66. The minimum atomic E-state index is -1.24. The van der Waals surface area contributed by atoms with Gasteiger partial charge in [-0.05, 0) is 10.3 Å². The van der Waals surface area contributed by atoms with Gasteiger partial charge in [-0.15, -0.1) is 16.7 Å². The molecular weight excluding hydrogens is 240 g/mol. The normalized spacial score (nSPS) is 10.6. The van der Waals surface area contributed by atoms with Crippen LogP contribution in [0.15, 0.2) is 4.63 Å². The van der Waals surface area contributed by atoms with Gasteiger partial charge in [-0.3, -0.25) is 0 Å². The number of nitrogens with two attached hydrogens (primary N) is 1. The Bertz CT molecular complexity index is 534. The van der Waals surface area contributed by atoms with Crippen molar-refractivity contribution in [3.8, 4) is 5.82 Å². The number of carboxylic acid groups (broad SMARTS) is 1. The van der Waals surface area contributed by atoms with E-state index in [1.54, 1.807) is 0 Å². The van der Waals surface area contributed by atoms with E-state index in [0.29, 0.717) is 0 Å². The zero-order chi connectivity index (χ0) is 11.7. The minimum Gasteiger partial charge on any atom is -0.476 e. The van der Waals surface area contributed by atoms with Gasteiger partial charge >= 0.3 is 5.97 Å². The molecule has 0 bridgehead atoms. The summed E-state index contributed by atoms with van der Waals surface area (Å²) in [5.74, 6) is -1.33. The summed E-state index contributed by atoms with van der Waals surface area (Å²) in [6.45, 7) is 0. The predicted molar refractivity (Wildman–Crippen MR) is 50.1 cm³/mol. The van der Waals surface area contributed by atoms with Crippen LogP contribution in [0.3, 0.4) is 0 Å². The van der Waals surface area contributed by atoms with E-state index in [2.05, 4.69) is 25.3 Å². The average molecular weight is 245 g/mol. The maximum absolute atomic E-state index is 10.8. The summed E-state index contributed by atoms with van der Waals surface area (Å²) in [5.41, 5.74) is 5.32. The van der Waals surface area contributed by atoms with Gasteiger partial charge in [0.05, 0.1) is 11.6 Å². The molecule has 3 N–H and O–H groups in total. The van der Waals surface area contributed by atoms with Gasteiger partial charge in [0.25, 0.3) is 0 Å². The van der Waals surface area contributed by atoms with E-state index in [1.165, 1.54) is 0 Å². The number of carboxylic acids is 1. The van der Waals surface area contributed by atoms with E-state index in [0.717, 1.165) is 4.68 Å². The van der Waals surface area contributed by atoms with Crippen molar-refractivity contribution in [2.24, 2.45) is 0 Å². The molecular formula is C6H5ClN6O3. The van der Waals surface area contributed by atoms with Crippen molar-refractivity contribution in [1.82, 2.24) is 25.3 Å². The summed E-state index contributed by atoms with van der Waals surface area (Å²) in [6.07, 6.45) is 0. The second-order valence-corrected chi connectivity index (χ2v) is 2.98. The Balaban J connectivity index is 2.59. The summed E-state index contributed by atoms with van der Waals surface area (Å²) in [4.78, 5) is 10.8. The lowest BCUT2D eigenvalue weighted by atomic mass is 10.3. The van der Waals surface area contributed by atoms with Gasteiger partial charge in [-0.1, -0.05) is 5.21 Å². The molecule has 2 heterocycles. The van der Waals surface area contributed by atoms with E-state index in [1.807, 2.05) is 0 Å². The third kappa shape index (κ3) is 1.46. The fourth-order valence-corrected chi connectivity index (χ4v) is 1.34. The molecule has 2 aromatic heterocycles. The van der Waals surface area contributed by atoms with Crippen LogP contribution < -0.4 is 5.73 Å². The number of halogens is 1. The maximum atomic E-state index is 10.8. The first-order valence-electron chi connectivity index (χ1n) is 3.97. The van der Waals surface area contributed by atoms with Crippen molar-refractivity contribution in [2.75, 3.05) is 5.73 Å². The number of carbonyl (C=O) groups is 1. The summed E-state index contributed by atoms with van der Waals surface area (Å²) in [5, 5.41) is 22.6. The van der Waals surface area contributed by atoms with Crippen LogP contribution in [0.1, 0.15) is 16.2 Å². The van der Waals surface area contributed by atoms with Crippen LogP contribution in [0.25, 0.3) is 5.82 Å². The van der Waals surface area contributed by atoms with Gasteiger partial charge in [0.1, 0.15) is 0 Å². The van der Waals surface area contributed by atoms with Crippen molar-refractivity contribution < 1.29 is 14.5 Å². The molecule has 0 aliphatic rings. The number of alkyl halides is 1. The second-order valence-electron chi connectivity index (χ2n) is 2.71. The topological polar surface area (TPSA) is 133 Å². The highest BCUT2D eigenvalue weighted by Gasteiger charge is 2.22. The molecule has 2 aromatic rings. The van der Waals surface area contributed by atoms with Gasteiger partial charge in [0.2, 0.25) is 11.6 Å². The molecule has 0 unspecified atom stereocenters. The van der Waals surface area contributed by atoms with E-state index in [4.69, 9.17) is 22.4 Å². The third-order valence-corrected chi connectivity index (χ3v) is 2.04. The predicted octanol–water partition coefficient (Wildman–Crippen LogP) is -0.331. The lowest BCUT2D eigenvalue weighted by Crippen LogP contribution is -2.07. The van der Waals surface area contributed by atoms with Gasteiger partial charge in [0, 0.05) is 0 Å². The molecule has 0 aromatic carbocycles. The fourth-order valence-electron chi connectivity index (χ4n) is 1.10. The highest BCUT2D eigenvalue weighted by atomic mass is 35.5. The van der Waals surface area contributed by atoms with Crippen LogP contribution in [-0.4, -0.2) is 36.4 Å². The van der Waals surface area contributed by atoms with Gasteiger partial charge in [0.15, 0.2) is 5.69 Å². The van der Waals surface area contributed by atoms with Crippen molar-refractivity contribution in [2.45, 2.75) is 5.88 Å². The Morgan fingerprint density at radius 2 is 2.31 bits per heavy atom. The highest BCUT2D eigenvalue weighted by Crippen LogP contribution is 2.16. The molecule has 0 amide bonds. The molecule has 0 aliphatic carbocycles. The molecule has 0 atom stereocenters. The summed E-state index contributed by atoms with van der Waals surface area (Å²) < 4.78 is 5.44. The molecule has 10 heteroatoms. The van der Waals surface area contributed by atoms with Crippen LogP contribution in [0.2, 0.25) is 0 Å². The molecule has 0 radical (unpaired) electrons. The molecule has 2 rings (SSSR count). The van der Waals surface area contributed by atoms with Crippen LogP contribution in [0.4, 0.5) is 5.82 Å². The lowest BCUT2D eigenvalue weighted by molar-refractivity contribution is 0.0689. The number of aromatic carboxylic acids is 1. The number of rotatable bonds is 3. The van der Waals surface area contributed by atoms with Gasteiger partial charge in [-0.2, -0.15) is 4.68 Å². The number of nitrogens with zero attached hydrogens (tertiary/aromatic N) is 5. The number of nitrogen functional groups attached to an aromatic ring is 1. The number of anilines is 1. The number of aromatic nitrogens is 5. The largest absolute Gasteiger partial charge is 0.476 e. The van der Waals surface area contributed by atoms with Crippen molar-refractivity contribution in [1.29, 1.82) is 0 Å². The molecule has 84 valence electrons. The Hall–Kier alpha value is -2.16. The van der Waals surface area contributed by atoms with Crippen molar-refractivity contribution in [3.63, 3.8) is 0 Å². The average Bonchev–Trinajstić information content (AvgIpc) is 2.82. The van der Waals surface area contributed by atoms with E-state index in [-0.39, 0.29) is 28.9 Å². The van der Waals surface area contributed by atoms with Crippen LogP contribution in [0.5, 0.6) is 0 Å². The van der Waals surface area contributed by atoms with Crippen LogP contribution >= 0.6 is 11.6 Å². The first-order valence-corrected chi connectivity index (χ1v) is 4.50. The Morgan fingerprint density at radius 3 is 2.81 bits per heavy atom. The summed E-state index contributed by atoms with van der Waals surface area (Å²) >= 11 is 5.61. The van der Waals surface area contributed by atoms with E-state index in [9.17, 15) is 4.79 Å². The minimum absolute atomic E-state index is 0.0341. The molecule has 0 saturated carbocycles. The van der Waals surface area contributed by atoms with E-state index < -0.39 is 5.97 Å². The van der Waals surface area contributed by atoms with Crippen LogP contribution in [0, 0.1) is 0 Å².